The summed E-state index contributed by atoms with van der Waals surface area (Å²) >= 11 is 4.25. The van der Waals surface area contributed by atoms with E-state index in [2.05, 4.69) is 26.3 Å². The SMILES string of the molecule is C=CCCOc1cc[c-]cc1F.[Zn+][Br]. The minimum absolute atomic E-state index is 0.274. The van der Waals surface area contributed by atoms with Crippen molar-refractivity contribution in [1.82, 2.24) is 0 Å². The second-order valence-corrected chi connectivity index (χ2v) is 2.28. The second-order valence-electron chi connectivity index (χ2n) is 2.28. The number of rotatable bonds is 4. The Kier molecular flexibility index (Phi) is 9.21. The van der Waals surface area contributed by atoms with Crippen molar-refractivity contribution < 1.29 is 25.5 Å². The van der Waals surface area contributed by atoms with Gasteiger partial charge in [0.2, 0.25) is 0 Å². The van der Waals surface area contributed by atoms with Gasteiger partial charge in [0.25, 0.3) is 0 Å². The van der Waals surface area contributed by atoms with Crippen LogP contribution in [0.25, 0.3) is 0 Å². The van der Waals surface area contributed by atoms with Crippen LogP contribution in [0.15, 0.2) is 30.9 Å². The zero-order valence-electron chi connectivity index (χ0n) is 7.80. The van der Waals surface area contributed by atoms with E-state index in [1.807, 2.05) is 0 Å². The van der Waals surface area contributed by atoms with Crippen molar-refractivity contribution in [2.45, 2.75) is 6.42 Å². The van der Waals surface area contributed by atoms with Gasteiger partial charge >= 0.3 is 30.0 Å². The van der Waals surface area contributed by atoms with Crippen molar-refractivity contribution in [3.05, 3.63) is 42.7 Å². The number of hydrogen-bond donors (Lipinski definition) is 0. The van der Waals surface area contributed by atoms with Crippen molar-refractivity contribution in [3.8, 4) is 5.75 Å². The van der Waals surface area contributed by atoms with Crippen LogP contribution in [0.2, 0.25) is 0 Å². The molecule has 0 bridgehead atoms. The first-order chi connectivity index (χ1) is 6.84. The molecule has 0 aliphatic rings. The number of halogens is 2. The van der Waals surface area contributed by atoms with E-state index in [0.29, 0.717) is 6.61 Å². The molecule has 0 radical (unpaired) electrons. The first-order valence-corrected chi connectivity index (χ1v) is 11.0. The van der Waals surface area contributed by atoms with Crippen LogP contribution < -0.4 is 4.74 Å². The molecule has 72 valence electrons. The summed E-state index contributed by atoms with van der Waals surface area (Å²) in [7, 11) is 0. The third-order valence-electron chi connectivity index (χ3n) is 1.36. The average Bonchev–Trinajstić information content (AvgIpc) is 2.24. The van der Waals surface area contributed by atoms with E-state index in [-0.39, 0.29) is 11.6 Å². The Morgan fingerprint density at radius 3 is 2.93 bits per heavy atom. The van der Waals surface area contributed by atoms with E-state index in [4.69, 9.17) is 4.74 Å². The molecule has 1 aromatic rings. The van der Waals surface area contributed by atoms with Crippen LogP contribution in [-0.2, 0) is 16.3 Å². The van der Waals surface area contributed by atoms with Gasteiger partial charge in [0.1, 0.15) is 0 Å². The summed E-state index contributed by atoms with van der Waals surface area (Å²) in [6.07, 6.45) is 2.45. The molecule has 0 saturated heterocycles. The predicted octanol–water partition coefficient (Wildman–Crippen LogP) is 3.42. The predicted molar refractivity (Wildman–Crippen MR) is 54.5 cm³/mol. The van der Waals surface area contributed by atoms with Crippen LogP contribution in [0.4, 0.5) is 4.39 Å². The fourth-order valence-corrected chi connectivity index (χ4v) is 0.765. The van der Waals surface area contributed by atoms with Crippen molar-refractivity contribution in [2.24, 2.45) is 0 Å². The first-order valence-electron chi connectivity index (χ1n) is 4.00. The molecule has 0 saturated carbocycles. The average molecular weight is 310 g/mol. The molecule has 1 nitrogen and oxygen atoms in total. The zero-order chi connectivity index (χ0) is 10.8. The summed E-state index contributed by atoms with van der Waals surface area (Å²) < 4.78 is 17.9. The summed E-state index contributed by atoms with van der Waals surface area (Å²) in [5.41, 5.74) is 0. The van der Waals surface area contributed by atoms with Gasteiger partial charge < -0.3 is 4.74 Å². The summed E-state index contributed by atoms with van der Waals surface area (Å²) in [5.74, 6) is -0.0998. The quantitative estimate of drug-likeness (QED) is 0.358. The molecule has 0 aliphatic heterocycles. The van der Waals surface area contributed by atoms with Crippen LogP contribution in [-0.4, -0.2) is 6.61 Å². The first kappa shape index (κ1) is 13.8. The Bertz CT molecular complexity index is 268. The van der Waals surface area contributed by atoms with Gasteiger partial charge in [-0.15, -0.1) is 18.7 Å². The van der Waals surface area contributed by atoms with Crippen LogP contribution in [0.1, 0.15) is 6.42 Å². The molecule has 1 rings (SSSR count). The zero-order valence-corrected chi connectivity index (χ0v) is 12.4. The van der Waals surface area contributed by atoms with E-state index < -0.39 is 0 Å². The van der Waals surface area contributed by atoms with Crippen molar-refractivity contribution in [1.29, 1.82) is 0 Å². The molecule has 0 unspecified atom stereocenters. The van der Waals surface area contributed by atoms with Crippen LogP contribution >= 0.6 is 13.6 Å². The molecule has 4 heteroatoms. The van der Waals surface area contributed by atoms with Gasteiger partial charge in [-0.3, -0.25) is 4.39 Å². The van der Waals surface area contributed by atoms with E-state index in [0.717, 1.165) is 6.42 Å². The summed E-state index contributed by atoms with van der Waals surface area (Å²) in [5, 5.41) is 0. The van der Waals surface area contributed by atoms with Gasteiger partial charge in [-0.1, -0.05) is 6.08 Å². The van der Waals surface area contributed by atoms with Crippen LogP contribution in [0.5, 0.6) is 5.75 Å². The third-order valence-corrected chi connectivity index (χ3v) is 1.36. The maximum absolute atomic E-state index is 12.8. The molecule has 14 heavy (non-hydrogen) atoms. The number of ether oxygens (including phenoxy) is 1. The Balaban J connectivity index is 0.000000791. The standard InChI is InChI=1S/C10H10FO.BrH.Zn/c1-2-3-8-12-10-7-5-4-6-9(10)11;;/h2,5-7H,1,3,8H2;1H;/q-1;;+2/p-1. The van der Waals surface area contributed by atoms with Gasteiger partial charge in [0, 0.05) is 11.6 Å². The van der Waals surface area contributed by atoms with Crippen LogP contribution in [0, 0.1) is 11.9 Å². The fourth-order valence-electron chi connectivity index (χ4n) is 0.765. The Morgan fingerprint density at radius 2 is 2.36 bits per heavy atom. The van der Waals surface area contributed by atoms with Gasteiger partial charge in [-0.2, -0.15) is 12.1 Å². The summed E-state index contributed by atoms with van der Waals surface area (Å²) in [6, 6.07) is 7.04. The van der Waals surface area contributed by atoms with E-state index >= 15 is 0 Å². The van der Waals surface area contributed by atoms with Gasteiger partial charge in [0.15, 0.2) is 0 Å². The van der Waals surface area contributed by atoms with E-state index in [1.165, 1.54) is 22.4 Å². The molecular weight excluding hydrogens is 300 g/mol. The second kappa shape index (κ2) is 9.35. The Labute approximate surface area is 100 Å². The fraction of sp³-hybridized carbons (Fsp3) is 0.200. The van der Waals surface area contributed by atoms with Crippen molar-refractivity contribution in [2.75, 3.05) is 6.61 Å². The number of benzene rings is 1. The monoisotopic (exact) mass is 308 g/mol. The van der Waals surface area contributed by atoms with Crippen LogP contribution in [0.3, 0.4) is 0 Å². The van der Waals surface area contributed by atoms with E-state index in [1.54, 1.807) is 18.2 Å². The third kappa shape index (κ3) is 5.51. The molecular formula is C10H10BrFOZn. The molecule has 0 atom stereocenters. The van der Waals surface area contributed by atoms with Gasteiger partial charge in [0.05, 0.1) is 6.61 Å². The topological polar surface area (TPSA) is 9.23 Å². The number of hydrogen-bond acceptors (Lipinski definition) is 1. The van der Waals surface area contributed by atoms with Crippen molar-refractivity contribution >= 4 is 13.6 Å². The molecule has 0 fully saturated rings. The maximum atomic E-state index is 12.8. The molecule has 0 heterocycles. The summed E-state index contributed by atoms with van der Waals surface area (Å²) in [4.78, 5) is 0. The Morgan fingerprint density at radius 1 is 1.64 bits per heavy atom. The Hall–Kier alpha value is -0.207. The minimum atomic E-state index is -0.374. The van der Waals surface area contributed by atoms with E-state index in [9.17, 15) is 4.39 Å². The van der Waals surface area contributed by atoms with Gasteiger partial charge in [-0.05, 0) is 6.42 Å². The molecule has 1 aromatic carbocycles. The molecule has 0 aliphatic carbocycles. The van der Waals surface area contributed by atoms with Crippen molar-refractivity contribution in [3.63, 3.8) is 0 Å². The molecule has 0 amide bonds. The molecule has 0 spiro atoms. The molecule has 0 aromatic heterocycles. The molecule has 0 N–H and O–H groups in total. The normalized spacial score (nSPS) is 8.57. The summed E-state index contributed by atoms with van der Waals surface area (Å²) in [6.45, 7) is 4.00. The van der Waals surface area contributed by atoms with Gasteiger partial charge in [-0.25, -0.2) is 0 Å².